The smallest absolute Gasteiger partial charge is 0.228 e. The number of halogens is 1. The Labute approximate surface area is 181 Å². The Bertz CT molecular complexity index is 1210. The quantitative estimate of drug-likeness (QED) is 0.430. The van der Waals surface area contributed by atoms with Crippen LogP contribution in [0.5, 0.6) is 0 Å². The van der Waals surface area contributed by atoms with E-state index in [9.17, 15) is 9.18 Å². The summed E-state index contributed by atoms with van der Waals surface area (Å²) >= 11 is 0. The van der Waals surface area contributed by atoms with Gasteiger partial charge in [0.1, 0.15) is 5.82 Å². The normalized spacial score (nSPS) is 11.3. The molecule has 2 aromatic carbocycles. The topological polar surface area (TPSA) is 46.9 Å². The van der Waals surface area contributed by atoms with E-state index in [1.54, 1.807) is 36.7 Å². The van der Waals surface area contributed by atoms with Crippen molar-refractivity contribution in [3.8, 4) is 0 Å². The maximum Gasteiger partial charge on any atom is 0.228 e. The van der Waals surface area contributed by atoms with Crippen LogP contribution in [0.25, 0.3) is 10.9 Å². The first-order valence-electron chi connectivity index (χ1n) is 10.5. The summed E-state index contributed by atoms with van der Waals surface area (Å²) in [4.78, 5) is 16.8. The van der Waals surface area contributed by atoms with Gasteiger partial charge in [0, 0.05) is 41.2 Å². The second kappa shape index (κ2) is 8.72. The number of nitrogens with one attached hydrogen (secondary N) is 1. The third kappa shape index (κ3) is 4.50. The summed E-state index contributed by atoms with van der Waals surface area (Å²) < 4.78 is 15.6. The van der Waals surface area contributed by atoms with Crippen LogP contribution in [0.2, 0.25) is 0 Å². The summed E-state index contributed by atoms with van der Waals surface area (Å²) in [5, 5.41) is 4.05. The van der Waals surface area contributed by atoms with Crippen LogP contribution < -0.4 is 5.32 Å². The molecule has 5 heteroatoms. The number of hydrogen-bond acceptors (Lipinski definition) is 2. The number of amides is 1. The summed E-state index contributed by atoms with van der Waals surface area (Å²) in [7, 11) is 0. The maximum atomic E-state index is 13.3. The number of benzene rings is 2. The van der Waals surface area contributed by atoms with Gasteiger partial charge in [-0.25, -0.2) is 4.39 Å². The fraction of sp³-hybridized carbons (Fsp3) is 0.231. The molecule has 4 nitrogen and oxygen atoms in total. The molecular weight excluding hydrogens is 389 g/mol. The van der Waals surface area contributed by atoms with Crippen LogP contribution in [-0.4, -0.2) is 15.5 Å². The van der Waals surface area contributed by atoms with E-state index in [0.717, 1.165) is 33.4 Å². The van der Waals surface area contributed by atoms with Crippen LogP contribution in [0.15, 0.2) is 67.0 Å². The van der Waals surface area contributed by atoms with E-state index in [-0.39, 0.29) is 18.1 Å². The first kappa shape index (κ1) is 20.8. The summed E-state index contributed by atoms with van der Waals surface area (Å²) in [5.74, 6) is 0.0848. The third-order valence-corrected chi connectivity index (χ3v) is 5.70. The van der Waals surface area contributed by atoms with Crippen molar-refractivity contribution >= 4 is 22.5 Å². The highest BCUT2D eigenvalue weighted by atomic mass is 19.1. The summed E-state index contributed by atoms with van der Waals surface area (Å²) in [5.41, 5.74) is 6.13. The fourth-order valence-corrected chi connectivity index (χ4v) is 3.93. The van der Waals surface area contributed by atoms with Crippen LogP contribution in [0.3, 0.4) is 0 Å². The average Bonchev–Trinajstić information content (AvgIpc) is 3.01. The average molecular weight is 416 g/mol. The van der Waals surface area contributed by atoms with Crippen molar-refractivity contribution in [1.82, 2.24) is 9.55 Å². The van der Waals surface area contributed by atoms with Crippen molar-refractivity contribution in [3.05, 3.63) is 95.2 Å². The van der Waals surface area contributed by atoms with Crippen LogP contribution in [0.4, 0.5) is 10.1 Å². The Morgan fingerprint density at radius 2 is 1.77 bits per heavy atom. The number of fused-ring (bicyclic) bond motifs is 1. The molecule has 0 unspecified atom stereocenters. The lowest BCUT2D eigenvalue weighted by atomic mass is 9.99. The number of anilines is 1. The lowest BCUT2D eigenvalue weighted by Crippen LogP contribution is -2.15. The minimum atomic E-state index is -0.243. The SMILES string of the molecule is Cc1c(CC(=O)Nc2ccncc2)c2cc(C(C)C)ccc2n1Cc1ccc(F)cc1. The van der Waals surface area contributed by atoms with Gasteiger partial charge in [-0.2, -0.15) is 0 Å². The molecule has 0 aliphatic rings. The van der Waals surface area contributed by atoms with Gasteiger partial charge in [-0.3, -0.25) is 9.78 Å². The van der Waals surface area contributed by atoms with Gasteiger partial charge in [-0.05, 0) is 65.9 Å². The summed E-state index contributed by atoms with van der Waals surface area (Å²) in [6.07, 6.45) is 3.59. The Balaban J connectivity index is 1.73. The van der Waals surface area contributed by atoms with Gasteiger partial charge in [0.05, 0.1) is 6.42 Å². The highest BCUT2D eigenvalue weighted by Gasteiger charge is 2.18. The highest BCUT2D eigenvalue weighted by Crippen LogP contribution is 2.30. The van der Waals surface area contributed by atoms with Crippen molar-refractivity contribution in [3.63, 3.8) is 0 Å². The van der Waals surface area contributed by atoms with Crippen molar-refractivity contribution in [2.75, 3.05) is 5.32 Å². The van der Waals surface area contributed by atoms with Gasteiger partial charge in [0.15, 0.2) is 0 Å². The molecule has 0 radical (unpaired) electrons. The van der Waals surface area contributed by atoms with E-state index in [1.165, 1.54) is 17.7 Å². The third-order valence-electron chi connectivity index (χ3n) is 5.70. The lowest BCUT2D eigenvalue weighted by molar-refractivity contribution is -0.115. The Morgan fingerprint density at radius 1 is 1.06 bits per heavy atom. The number of rotatable bonds is 6. The van der Waals surface area contributed by atoms with Crippen molar-refractivity contribution in [2.45, 2.75) is 39.7 Å². The van der Waals surface area contributed by atoms with Gasteiger partial charge in [0.25, 0.3) is 0 Å². The van der Waals surface area contributed by atoms with Gasteiger partial charge in [-0.1, -0.05) is 32.0 Å². The largest absolute Gasteiger partial charge is 0.340 e. The molecule has 1 N–H and O–H groups in total. The zero-order chi connectivity index (χ0) is 22.0. The Morgan fingerprint density at radius 3 is 2.45 bits per heavy atom. The molecule has 0 bridgehead atoms. The molecule has 4 rings (SSSR count). The summed E-state index contributed by atoms with van der Waals surface area (Å²) in [6, 6.07) is 16.6. The zero-order valence-corrected chi connectivity index (χ0v) is 18.0. The van der Waals surface area contributed by atoms with E-state index in [4.69, 9.17) is 0 Å². The van der Waals surface area contributed by atoms with E-state index in [1.807, 2.05) is 6.92 Å². The minimum absolute atomic E-state index is 0.0647. The molecule has 0 saturated heterocycles. The fourth-order valence-electron chi connectivity index (χ4n) is 3.93. The predicted octanol–water partition coefficient (Wildman–Crippen LogP) is 5.84. The van der Waals surface area contributed by atoms with Gasteiger partial charge >= 0.3 is 0 Å². The molecule has 0 aliphatic heterocycles. The number of aromatic nitrogens is 2. The van der Waals surface area contributed by atoms with Crippen LogP contribution in [0, 0.1) is 12.7 Å². The van der Waals surface area contributed by atoms with Gasteiger partial charge in [-0.15, -0.1) is 0 Å². The van der Waals surface area contributed by atoms with Gasteiger partial charge < -0.3 is 9.88 Å². The molecule has 0 saturated carbocycles. The lowest BCUT2D eigenvalue weighted by Gasteiger charge is -2.10. The zero-order valence-electron chi connectivity index (χ0n) is 18.0. The predicted molar refractivity (Wildman–Crippen MR) is 123 cm³/mol. The molecule has 158 valence electrons. The highest BCUT2D eigenvalue weighted by molar-refractivity contribution is 5.96. The minimum Gasteiger partial charge on any atom is -0.340 e. The number of carbonyl (C=O) groups is 1. The molecule has 0 fully saturated rings. The molecule has 4 aromatic rings. The second-order valence-corrected chi connectivity index (χ2v) is 8.17. The second-order valence-electron chi connectivity index (χ2n) is 8.17. The van der Waals surface area contributed by atoms with E-state index in [2.05, 4.69) is 46.9 Å². The Hall–Kier alpha value is -3.47. The van der Waals surface area contributed by atoms with Crippen molar-refractivity contribution in [1.29, 1.82) is 0 Å². The van der Waals surface area contributed by atoms with Crippen molar-refractivity contribution in [2.24, 2.45) is 0 Å². The standard InChI is InChI=1S/C26H26FN3O/c1-17(2)20-6-9-25-24(14-20)23(15-26(31)29-22-10-12-28-13-11-22)18(3)30(25)16-19-4-7-21(27)8-5-19/h4-14,17H,15-16H2,1-3H3,(H,28,29,31). The van der Waals surface area contributed by atoms with Crippen LogP contribution in [0.1, 0.15) is 42.1 Å². The monoisotopic (exact) mass is 415 g/mol. The number of pyridine rings is 1. The Kier molecular flexibility index (Phi) is 5.85. The number of hydrogen-bond donors (Lipinski definition) is 1. The molecule has 0 atom stereocenters. The molecule has 0 spiro atoms. The van der Waals surface area contributed by atoms with Crippen LogP contribution in [-0.2, 0) is 17.8 Å². The van der Waals surface area contributed by atoms with E-state index < -0.39 is 0 Å². The van der Waals surface area contributed by atoms with E-state index in [0.29, 0.717) is 12.5 Å². The van der Waals surface area contributed by atoms with Crippen molar-refractivity contribution < 1.29 is 9.18 Å². The number of nitrogens with zero attached hydrogens (tertiary/aromatic N) is 2. The first-order valence-corrected chi connectivity index (χ1v) is 10.5. The maximum absolute atomic E-state index is 13.3. The van der Waals surface area contributed by atoms with Gasteiger partial charge in [0.2, 0.25) is 5.91 Å². The van der Waals surface area contributed by atoms with Crippen LogP contribution >= 0.6 is 0 Å². The number of carbonyl (C=O) groups excluding carboxylic acids is 1. The first-order chi connectivity index (χ1) is 14.9. The molecule has 2 aromatic heterocycles. The molecular formula is C26H26FN3O. The molecule has 2 heterocycles. The molecule has 0 aliphatic carbocycles. The molecule has 31 heavy (non-hydrogen) atoms. The molecule has 1 amide bonds. The summed E-state index contributed by atoms with van der Waals surface area (Å²) in [6.45, 7) is 7.00. The van der Waals surface area contributed by atoms with E-state index >= 15 is 0 Å².